The van der Waals surface area contributed by atoms with Crippen LogP contribution in [-0.4, -0.2) is 50.5 Å². The van der Waals surface area contributed by atoms with Gasteiger partial charge in [-0.1, -0.05) is 6.42 Å². The molecule has 1 rings (SSSR count). The number of alkyl halides is 3. The normalized spacial score (nSPS) is 28.9. The number of rotatable bonds is 6. The van der Waals surface area contributed by atoms with E-state index in [0.717, 1.165) is 19.4 Å². The molecule has 0 saturated heterocycles. The zero-order valence-corrected chi connectivity index (χ0v) is 11.8. The Hall–Kier alpha value is -0.330. The van der Waals surface area contributed by atoms with E-state index in [-0.39, 0.29) is 19.4 Å². The topological polar surface area (TPSA) is 38.5 Å². The summed E-state index contributed by atoms with van der Waals surface area (Å²) in [6, 6.07) is 0. The quantitative estimate of drug-likeness (QED) is 0.760. The molecule has 0 bridgehead atoms. The highest BCUT2D eigenvalue weighted by atomic mass is 19.4. The van der Waals surface area contributed by atoms with E-state index in [4.69, 9.17) is 10.5 Å². The van der Waals surface area contributed by atoms with Gasteiger partial charge in [-0.05, 0) is 32.7 Å². The van der Waals surface area contributed by atoms with Crippen LogP contribution in [0.4, 0.5) is 13.2 Å². The first kappa shape index (κ1) is 16.7. The van der Waals surface area contributed by atoms with Crippen molar-refractivity contribution in [1.29, 1.82) is 0 Å². The first-order chi connectivity index (χ1) is 8.85. The van der Waals surface area contributed by atoms with E-state index in [2.05, 4.69) is 0 Å². The number of likely N-dealkylation sites (N-methyl/N-ethyl adjacent to an activating group) is 1. The van der Waals surface area contributed by atoms with E-state index in [1.165, 1.54) is 0 Å². The van der Waals surface area contributed by atoms with Gasteiger partial charge in [-0.2, -0.15) is 13.2 Å². The molecule has 0 aromatic rings. The molecule has 114 valence electrons. The second-order valence-electron chi connectivity index (χ2n) is 5.53. The average Bonchev–Trinajstić information content (AvgIpc) is 2.38. The summed E-state index contributed by atoms with van der Waals surface area (Å²) in [5, 5.41) is 0. The van der Waals surface area contributed by atoms with E-state index in [1.807, 2.05) is 11.9 Å². The maximum Gasteiger partial charge on any atom is 0.391 e. The summed E-state index contributed by atoms with van der Waals surface area (Å²) in [4.78, 5) is 2.00. The van der Waals surface area contributed by atoms with Crippen LogP contribution in [0.25, 0.3) is 0 Å². The summed E-state index contributed by atoms with van der Waals surface area (Å²) in [5.74, 6) is -1.21. The fourth-order valence-electron chi connectivity index (χ4n) is 2.99. The summed E-state index contributed by atoms with van der Waals surface area (Å²) in [6.07, 6.45) is -1.59. The summed E-state index contributed by atoms with van der Waals surface area (Å²) in [6.45, 7) is 1.62. The average molecular weight is 282 g/mol. The molecule has 0 amide bonds. The number of halogens is 3. The molecule has 3 nitrogen and oxygen atoms in total. The number of ether oxygens (including phenoxy) is 1. The predicted molar refractivity (Wildman–Crippen MR) is 68.9 cm³/mol. The predicted octanol–water partition coefficient (Wildman–Crippen LogP) is 2.40. The molecule has 1 aliphatic rings. The van der Waals surface area contributed by atoms with E-state index in [9.17, 15) is 13.2 Å². The number of hydrogen-bond donors (Lipinski definition) is 1. The Morgan fingerprint density at radius 1 is 1.42 bits per heavy atom. The van der Waals surface area contributed by atoms with E-state index < -0.39 is 17.6 Å². The Morgan fingerprint density at radius 3 is 2.63 bits per heavy atom. The van der Waals surface area contributed by atoms with Crippen molar-refractivity contribution in [2.75, 3.05) is 33.9 Å². The Bertz CT molecular complexity index is 273. The number of nitrogens with zero attached hydrogens (tertiary/aromatic N) is 1. The molecular formula is C13H25F3N2O. The molecule has 0 aromatic heterocycles. The van der Waals surface area contributed by atoms with Crippen LogP contribution >= 0.6 is 0 Å². The Kier molecular flexibility index (Phi) is 6.08. The van der Waals surface area contributed by atoms with E-state index in [0.29, 0.717) is 13.0 Å². The zero-order valence-electron chi connectivity index (χ0n) is 11.8. The maximum atomic E-state index is 12.9. The first-order valence-electron chi connectivity index (χ1n) is 6.82. The van der Waals surface area contributed by atoms with Gasteiger partial charge in [0, 0.05) is 32.3 Å². The molecule has 1 fully saturated rings. The molecule has 0 aromatic carbocycles. The van der Waals surface area contributed by atoms with Crippen molar-refractivity contribution >= 4 is 0 Å². The van der Waals surface area contributed by atoms with Gasteiger partial charge in [0.2, 0.25) is 0 Å². The lowest BCUT2D eigenvalue weighted by Crippen LogP contribution is -2.56. The van der Waals surface area contributed by atoms with E-state index in [1.54, 1.807) is 7.11 Å². The third kappa shape index (κ3) is 4.33. The fourth-order valence-corrected chi connectivity index (χ4v) is 2.99. The van der Waals surface area contributed by atoms with Crippen molar-refractivity contribution in [2.45, 2.75) is 43.8 Å². The fraction of sp³-hybridized carbons (Fsp3) is 1.00. The SMILES string of the molecule is COCCCN(C)C1(CN)CCCC(C(F)(F)F)C1. The van der Waals surface area contributed by atoms with Crippen molar-refractivity contribution < 1.29 is 17.9 Å². The van der Waals surface area contributed by atoms with Gasteiger partial charge in [0.25, 0.3) is 0 Å². The van der Waals surface area contributed by atoms with Crippen LogP contribution in [0.5, 0.6) is 0 Å². The second kappa shape index (κ2) is 6.90. The van der Waals surface area contributed by atoms with Crippen molar-refractivity contribution in [3.05, 3.63) is 0 Å². The van der Waals surface area contributed by atoms with Crippen molar-refractivity contribution in [2.24, 2.45) is 11.7 Å². The molecule has 0 spiro atoms. The van der Waals surface area contributed by atoms with Gasteiger partial charge in [-0.3, -0.25) is 4.90 Å². The number of hydrogen-bond acceptors (Lipinski definition) is 3. The molecule has 19 heavy (non-hydrogen) atoms. The van der Waals surface area contributed by atoms with Crippen LogP contribution in [0.3, 0.4) is 0 Å². The molecule has 0 heterocycles. The minimum atomic E-state index is -4.10. The number of nitrogens with two attached hydrogens (primary N) is 1. The lowest BCUT2D eigenvalue weighted by atomic mass is 9.74. The highest BCUT2D eigenvalue weighted by Crippen LogP contribution is 2.43. The zero-order chi connectivity index (χ0) is 14.5. The highest BCUT2D eigenvalue weighted by Gasteiger charge is 2.48. The highest BCUT2D eigenvalue weighted by molar-refractivity contribution is 4.97. The lowest BCUT2D eigenvalue weighted by molar-refractivity contribution is -0.193. The largest absolute Gasteiger partial charge is 0.391 e. The van der Waals surface area contributed by atoms with Crippen molar-refractivity contribution in [3.63, 3.8) is 0 Å². The van der Waals surface area contributed by atoms with Crippen LogP contribution in [0.15, 0.2) is 0 Å². The van der Waals surface area contributed by atoms with Gasteiger partial charge in [0.05, 0.1) is 5.92 Å². The van der Waals surface area contributed by atoms with Crippen LogP contribution in [0.2, 0.25) is 0 Å². The van der Waals surface area contributed by atoms with Crippen LogP contribution < -0.4 is 5.73 Å². The van der Waals surface area contributed by atoms with Crippen LogP contribution in [0.1, 0.15) is 32.1 Å². The second-order valence-corrected chi connectivity index (χ2v) is 5.53. The maximum absolute atomic E-state index is 12.9. The molecule has 1 aliphatic carbocycles. The molecule has 1 saturated carbocycles. The molecule has 0 aliphatic heterocycles. The van der Waals surface area contributed by atoms with Gasteiger partial charge >= 0.3 is 6.18 Å². The summed E-state index contributed by atoms with van der Waals surface area (Å²) < 4.78 is 43.7. The van der Waals surface area contributed by atoms with Crippen LogP contribution in [-0.2, 0) is 4.74 Å². The Labute approximate surface area is 113 Å². The lowest BCUT2D eigenvalue weighted by Gasteiger charge is -2.47. The minimum absolute atomic E-state index is 0.122. The minimum Gasteiger partial charge on any atom is -0.385 e. The van der Waals surface area contributed by atoms with Gasteiger partial charge in [-0.25, -0.2) is 0 Å². The summed E-state index contributed by atoms with van der Waals surface area (Å²) in [7, 11) is 3.50. The third-order valence-corrected chi connectivity index (χ3v) is 4.32. The standard InChI is InChI=1S/C13H25F3N2O/c1-18(7-4-8-19-2)12(10-17)6-3-5-11(9-12)13(14,15)16/h11H,3-10,17H2,1-2H3. The Balaban J connectivity index is 2.67. The molecule has 2 N–H and O–H groups in total. The van der Waals surface area contributed by atoms with E-state index >= 15 is 0 Å². The van der Waals surface area contributed by atoms with Gasteiger partial charge in [0.15, 0.2) is 0 Å². The van der Waals surface area contributed by atoms with Crippen LogP contribution in [0, 0.1) is 5.92 Å². The first-order valence-corrected chi connectivity index (χ1v) is 6.82. The van der Waals surface area contributed by atoms with Crippen molar-refractivity contribution in [1.82, 2.24) is 4.90 Å². The monoisotopic (exact) mass is 282 g/mol. The molecule has 6 heteroatoms. The molecule has 0 radical (unpaired) electrons. The smallest absolute Gasteiger partial charge is 0.385 e. The van der Waals surface area contributed by atoms with Gasteiger partial charge in [-0.15, -0.1) is 0 Å². The summed E-state index contributed by atoms with van der Waals surface area (Å²) >= 11 is 0. The Morgan fingerprint density at radius 2 is 2.11 bits per heavy atom. The molecule has 2 unspecified atom stereocenters. The number of methoxy groups -OCH3 is 1. The van der Waals surface area contributed by atoms with Gasteiger partial charge < -0.3 is 10.5 Å². The third-order valence-electron chi connectivity index (χ3n) is 4.32. The summed E-state index contributed by atoms with van der Waals surface area (Å²) in [5.41, 5.74) is 5.30. The molecule has 2 atom stereocenters. The molecular weight excluding hydrogens is 257 g/mol. The van der Waals surface area contributed by atoms with Crippen molar-refractivity contribution in [3.8, 4) is 0 Å². The van der Waals surface area contributed by atoms with Gasteiger partial charge in [0.1, 0.15) is 0 Å².